The van der Waals surface area contributed by atoms with E-state index in [9.17, 15) is 5.11 Å². The molecule has 0 fully saturated rings. The van der Waals surface area contributed by atoms with E-state index < -0.39 is 5.60 Å². The van der Waals surface area contributed by atoms with Crippen molar-refractivity contribution in [3.05, 3.63) is 34.9 Å². The standard InChI is InChI=1S/C13H20O2/c1-5-15-9-13(4,14)12-7-6-10(2)11(3)8-12/h6-8,14H,5,9H2,1-4H3. The normalized spacial score (nSPS) is 15.0. The van der Waals surface area contributed by atoms with Crippen LogP contribution in [-0.4, -0.2) is 18.3 Å². The van der Waals surface area contributed by atoms with Crippen LogP contribution < -0.4 is 0 Å². The number of ether oxygens (including phenoxy) is 1. The number of aliphatic hydroxyl groups is 1. The Hall–Kier alpha value is -0.860. The fourth-order valence-electron chi connectivity index (χ4n) is 1.46. The fraction of sp³-hybridized carbons (Fsp3) is 0.538. The van der Waals surface area contributed by atoms with Crippen molar-refractivity contribution in [3.8, 4) is 0 Å². The monoisotopic (exact) mass is 208 g/mol. The van der Waals surface area contributed by atoms with Crippen molar-refractivity contribution in [1.29, 1.82) is 0 Å². The molecule has 0 saturated heterocycles. The maximum atomic E-state index is 10.2. The molecule has 0 aliphatic heterocycles. The van der Waals surface area contributed by atoms with E-state index in [1.165, 1.54) is 11.1 Å². The Kier molecular flexibility index (Phi) is 3.89. The van der Waals surface area contributed by atoms with Crippen LogP contribution in [0.15, 0.2) is 18.2 Å². The summed E-state index contributed by atoms with van der Waals surface area (Å²) in [6.07, 6.45) is 0. The maximum absolute atomic E-state index is 10.2. The average Bonchev–Trinajstić information content (AvgIpc) is 2.19. The number of aryl methyl sites for hydroxylation is 2. The number of hydrogen-bond donors (Lipinski definition) is 1. The molecule has 1 rings (SSSR count). The second-order valence-corrected chi connectivity index (χ2v) is 4.21. The smallest absolute Gasteiger partial charge is 0.110 e. The highest BCUT2D eigenvalue weighted by molar-refractivity contribution is 5.32. The predicted octanol–water partition coefficient (Wildman–Crippen LogP) is 2.55. The van der Waals surface area contributed by atoms with Crippen LogP contribution in [0.25, 0.3) is 0 Å². The van der Waals surface area contributed by atoms with Gasteiger partial charge in [0.15, 0.2) is 0 Å². The zero-order chi connectivity index (χ0) is 11.5. The molecule has 0 saturated carbocycles. The van der Waals surface area contributed by atoms with Crippen LogP contribution in [0.3, 0.4) is 0 Å². The van der Waals surface area contributed by atoms with Gasteiger partial charge in [0.05, 0.1) is 6.61 Å². The molecule has 2 heteroatoms. The molecule has 2 nitrogen and oxygen atoms in total. The molecule has 0 aromatic heterocycles. The molecule has 0 heterocycles. The maximum Gasteiger partial charge on any atom is 0.110 e. The Labute approximate surface area is 91.9 Å². The van der Waals surface area contributed by atoms with Crippen molar-refractivity contribution in [3.63, 3.8) is 0 Å². The van der Waals surface area contributed by atoms with Crippen LogP contribution in [0.2, 0.25) is 0 Å². The second-order valence-electron chi connectivity index (χ2n) is 4.21. The first-order chi connectivity index (χ1) is 6.97. The average molecular weight is 208 g/mol. The lowest BCUT2D eigenvalue weighted by atomic mass is 9.94. The largest absolute Gasteiger partial charge is 0.383 e. The first-order valence-electron chi connectivity index (χ1n) is 5.35. The highest BCUT2D eigenvalue weighted by Crippen LogP contribution is 2.23. The zero-order valence-electron chi connectivity index (χ0n) is 10.0. The topological polar surface area (TPSA) is 29.5 Å². The summed E-state index contributed by atoms with van der Waals surface area (Å²) in [5.74, 6) is 0. The Morgan fingerprint density at radius 2 is 1.93 bits per heavy atom. The van der Waals surface area contributed by atoms with Gasteiger partial charge in [-0.1, -0.05) is 18.2 Å². The molecular weight excluding hydrogens is 188 g/mol. The van der Waals surface area contributed by atoms with Crippen molar-refractivity contribution >= 4 is 0 Å². The van der Waals surface area contributed by atoms with Gasteiger partial charge in [-0.2, -0.15) is 0 Å². The van der Waals surface area contributed by atoms with E-state index in [1.807, 2.05) is 25.1 Å². The summed E-state index contributed by atoms with van der Waals surface area (Å²) in [6, 6.07) is 6.01. The van der Waals surface area contributed by atoms with E-state index in [0.717, 1.165) is 5.56 Å². The van der Waals surface area contributed by atoms with Crippen molar-refractivity contribution < 1.29 is 9.84 Å². The van der Waals surface area contributed by atoms with Crippen LogP contribution in [0, 0.1) is 13.8 Å². The van der Waals surface area contributed by atoms with Crippen LogP contribution in [0.5, 0.6) is 0 Å². The van der Waals surface area contributed by atoms with Crippen LogP contribution in [0.1, 0.15) is 30.5 Å². The summed E-state index contributed by atoms with van der Waals surface area (Å²) >= 11 is 0. The molecule has 15 heavy (non-hydrogen) atoms. The minimum absolute atomic E-state index is 0.339. The van der Waals surface area contributed by atoms with E-state index in [4.69, 9.17) is 4.74 Å². The molecule has 0 bridgehead atoms. The lowest BCUT2D eigenvalue weighted by Gasteiger charge is -2.24. The molecule has 1 unspecified atom stereocenters. The van der Waals surface area contributed by atoms with Gasteiger partial charge >= 0.3 is 0 Å². The SMILES string of the molecule is CCOCC(C)(O)c1ccc(C)c(C)c1. The van der Waals surface area contributed by atoms with E-state index in [2.05, 4.69) is 13.8 Å². The molecule has 0 aliphatic carbocycles. The van der Waals surface area contributed by atoms with Gasteiger partial charge in [-0.3, -0.25) is 0 Å². The van der Waals surface area contributed by atoms with E-state index in [0.29, 0.717) is 13.2 Å². The molecule has 1 atom stereocenters. The minimum atomic E-state index is -0.894. The Bertz CT molecular complexity index is 329. The predicted molar refractivity (Wildman–Crippen MR) is 62.0 cm³/mol. The number of benzene rings is 1. The third kappa shape index (κ3) is 3.05. The van der Waals surface area contributed by atoms with E-state index in [1.54, 1.807) is 6.92 Å². The summed E-state index contributed by atoms with van der Waals surface area (Å²) in [7, 11) is 0. The van der Waals surface area contributed by atoms with Crippen LogP contribution in [-0.2, 0) is 10.3 Å². The van der Waals surface area contributed by atoms with Crippen LogP contribution >= 0.6 is 0 Å². The first kappa shape index (κ1) is 12.2. The molecule has 1 aromatic carbocycles. The molecule has 84 valence electrons. The lowest BCUT2D eigenvalue weighted by molar-refractivity contribution is -0.0343. The first-order valence-corrected chi connectivity index (χ1v) is 5.35. The van der Waals surface area contributed by atoms with Crippen LogP contribution in [0.4, 0.5) is 0 Å². The van der Waals surface area contributed by atoms with Gasteiger partial charge in [-0.25, -0.2) is 0 Å². The Balaban J connectivity index is 2.89. The summed E-state index contributed by atoms with van der Waals surface area (Å²) < 4.78 is 5.27. The van der Waals surface area contributed by atoms with Gasteiger partial charge in [0.2, 0.25) is 0 Å². The van der Waals surface area contributed by atoms with Gasteiger partial charge in [0.25, 0.3) is 0 Å². The summed E-state index contributed by atoms with van der Waals surface area (Å²) in [6.45, 7) is 8.79. The second kappa shape index (κ2) is 4.77. The fourth-order valence-corrected chi connectivity index (χ4v) is 1.46. The molecule has 1 N–H and O–H groups in total. The van der Waals surface area contributed by atoms with Crippen molar-refractivity contribution in [2.75, 3.05) is 13.2 Å². The zero-order valence-corrected chi connectivity index (χ0v) is 10.0. The van der Waals surface area contributed by atoms with Crippen molar-refractivity contribution in [1.82, 2.24) is 0 Å². The highest BCUT2D eigenvalue weighted by atomic mass is 16.5. The minimum Gasteiger partial charge on any atom is -0.383 e. The number of rotatable bonds is 4. The van der Waals surface area contributed by atoms with Gasteiger partial charge in [0.1, 0.15) is 5.60 Å². The summed E-state index contributed by atoms with van der Waals surface area (Å²) in [5.41, 5.74) is 2.46. The summed E-state index contributed by atoms with van der Waals surface area (Å²) in [5, 5.41) is 10.2. The third-order valence-corrected chi connectivity index (χ3v) is 2.72. The van der Waals surface area contributed by atoms with Crippen molar-refractivity contribution in [2.45, 2.75) is 33.3 Å². The molecule has 0 aliphatic rings. The number of hydrogen-bond acceptors (Lipinski definition) is 2. The third-order valence-electron chi connectivity index (χ3n) is 2.72. The molecular formula is C13H20O2. The Morgan fingerprint density at radius 1 is 1.27 bits per heavy atom. The highest BCUT2D eigenvalue weighted by Gasteiger charge is 2.23. The lowest BCUT2D eigenvalue weighted by Crippen LogP contribution is -2.27. The van der Waals surface area contributed by atoms with Gasteiger partial charge in [-0.05, 0) is 44.4 Å². The van der Waals surface area contributed by atoms with E-state index in [-0.39, 0.29) is 0 Å². The quantitative estimate of drug-likeness (QED) is 0.824. The molecule has 0 radical (unpaired) electrons. The molecule has 0 amide bonds. The van der Waals surface area contributed by atoms with Gasteiger partial charge in [0, 0.05) is 6.61 Å². The van der Waals surface area contributed by atoms with E-state index >= 15 is 0 Å². The summed E-state index contributed by atoms with van der Waals surface area (Å²) in [4.78, 5) is 0. The van der Waals surface area contributed by atoms with Crippen molar-refractivity contribution in [2.24, 2.45) is 0 Å². The molecule has 0 spiro atoms. The molecule has 1 aromatic rings. The van der Waals surface area contributed by atoms with Gasteiger partial charge in [-0.15, -0.1) is 0 Å². The Morgan fingerprint density at radius 3 is 2.47 bits per heavy atom. The van der Waals surface area contributed by atoms with Gasteiger partial charge < -0.3 is 9.84 Å².